The Labute approximate surface area is 128 Å². The third-order valence-electron chi connectivity index (χ3n) is 2.69. The molecule has 0 atom stereocenters. The lowest BCUT2D eigenvalue weighted by Crippen LogP contribution is -2.10. The molecule has 7 heteroatoms. The zero-order valence-electron chi connectivity index (χ0n) is 10.8. The fourth-order valence-corrected chi connectivity index (χ4v) is 2.64. The third kappa shape index (κ3) is 4.35. The van der Waals surface area contributed by atoms with Gasteiger partial charge in [-0.15, -0.1) is 11.8 Å². The minimum Gasteiger partial charge on any atom is -0.244 e. The number of benzene rings is 1. The molecule has 0 saturated carbocycles. The van der Waals surface area contributed by atoms with Gasteiger partial charge >= 0.3 is 6.18 Å². The third-order valence-corrected chi connectivity index (χ3v) is 4.14. The first kappa shape index (κ1) is 16.1. The molecular weight excluding hydrogens is 326 g/mol. The van der Waals surface area contributed by atoms with E-state index in [4.69, 9.17) is 11.6 Å². The van der Waals surface area contributed by atoms with Gasteiger partial charge in [-0.3, -0.25) is 0 Å². The molecule has 0 unspecified atom stereocenters. The van der Waals surface area contributed by atoms with Crippen LogP contribution in [-0.2, 0) is 0 Å². The van der Waals surface area contributed by atoms with Crippen molar-refractivity contribution >= 4 is 23.4 Å². The Balaban J connectivity index is 2.36. The summed E-state index contributed by atoms with van der Waals surface area (Å²) in [5, 5.41) is 0.262. The minimum absolute atomic E-state index is 0.203. The largest absolute Gasteiger partial charge is 0.398 e. The van der Waals surface area contributed by atoms with Crippen molar-refractivity contribution < 1.29 is 17.6 Å². The highest BCUT2D eigenvalue weighted by Gasteiger charge is 2.27. The SMILES string of the molecule is Cc1cc(F)c(-c2ccc(Cl)nc2)cc1SCC(F)(F)F. The normalized spacial score (nSPS) is 11.7. The van der Waals surface area contributed by atoms with E-state index >= 15 is 0 Å². The molecule has 0 aliphatic rings. The zero-order chi connectivity index (χ0) is 15.6. The van der Waals surface area contributed by atoms with Gasteiger partial charge in [0.05, 0.1) is 5.75 Å². The van der Waals surface area contributed by atoms with Gasteiger partial charge in [-0.1, -0.05) is 11.6 Å². The van der Waals surface area contributed by atoms with Crippen LogP contribution in [0.15, 0.2) is 35.4 Å². The molecular formula is C14H10ClF4NS. The molecule has 1 aromatic heterocycles. The Morgan fingerprint density at radius 1 is 1.24 bits per heavy atom. The molecule has 1 heterocycles. The molecule has 112 valence electrons. The van der Waals surface area contributed by atoms with Gasteiger partial charge in [0.1, 0.15) is 11.0 Å². The number of pyridine rings is 1. The maximum atomic E-state index is 14.0. The maximum Gasteiger partial charge on any atom is 0.398 e. The Kier molecular flexibility index (Phi) is 4.78. The number of hydrogen-bond acceptors (Lipinski definition) is 2. The number of thioether (sulfide) groups is 1. The van der Waals surface area contributed by atoms with Crippen LogP contribution in [0, 0.1) is 12.7 Å². The van der Waals surface area contributed by atoms with E-state index in [1.807, 2.05) is 0 Å². The van der Waals surface area contributed by atoms with E-state index in [0.717, 1.165) is 0 Å². The molecule has 2 aromatic rings. The summed E-state index contributed by atoms with van der Waals surface area (Å²) in [6.07, 6.45) is -2.89. The van der Waals surface area contributed by atoms with Crippen molar-refractivity contribution in [3.63, 3.8) is 0 Å². The maximum absolute atomic E-state index is 14.0. The lowest BCUT2D eigenvalue weighted by atomic mass is 10.1. The van der Waals surface area contributed by atoms with Crippen LogP contribution in [0.2, 0.25) is 5.15 Å². The molecule has 0 aliphatic carbocycles. The molecule has 0 amide bonds. The van der Waals surface area contributed by atoms with E-state index in [9.17, 15) is 17.6 Å². The second kappa shape index (κ2) is 6.23. The predicted molar refractivity (Wildman–Crippen MR) is 76.2 cm³/mol. The Morgan fingerprint density at radius 3 is 2.52 bits per heavy atom. The molecule has 0 spiro atoms. The topological polar surface area (TPSA) is 12.9 Å². The van der Waals surface area contributed by atoms with Crippen molar-refractivity contribution in [3.05, 3.63) is 47.0 Å². The highest BCUT2D eigenvalue weighted by molar-refractivity contribution is 7.99. The van der Waals surface area contributed by atoms with Crippen molar-refractivity contribution in [3.8, 4) is 11.1 Å². The number of halogens is 5. The minimum atomic E-state index is -4.27. The fraction of sp³-hybridized carbons (Fsp3) is 0.214. The lowest BCUT2D eigenvalue weighted by Gasteiger charge is -2.11. The second-order valence-corrected chi connectivity index (χ2v) is 5.78. The number of aryl methyl sites for hydroxylation is 1. The summed E-state index contributed by atoms with van der Waals surface area (Å²) in [6, 6.07) is 5.70. The molecule has 0 aliphatic heterocycles. The summed E-state index contributed by atoms with van der Waals surface area (Å²) in [5.74, 6) is -1.52. The molecule has 0 N–H and O–H groups in total. The van der Waals surface area contributed by atoms with Crippen molar-refractivity contribution in [1.29, 1.82) is 0 Å². The number of aromatic nitrogens is 1. The van der Waals surface area contributed by atoms with Crippen LogP contribution in [0.5, 0.6) is 0 Å². The van der Waals surface area contributed by atoms with Crippen molar-refractivity contribution in [2.75, 3.05) is 5.75 Å². The van der Waals surface area contributed by atoms with Gasteiger partial charge in [0.25, 0.3) is 0 Å². The van der Waals surface area contributed by atoms with E-state index in [2.05, 4.69) is 4.98 Å². The second-order valence-electron chi connectivity index (χ2n) is 4.37. The fourth-order valence-electron chi connectivity index (χ4n) is 1.72. The smallest absolute Gasteiger partial charge is 0.244 e. The molecule has 0 radical (unpaired) electrons. The van der Waals surface area contributed by atoms with E-state index in [1.54, 1.807) is 13.0 Å². The van der Waals surface area contributed by atoms with Gasteiger partial charge < -0.3 is 0 Å². The van der Waals surface area contributed by atoms with Gasteiger partial charge in [0, 0.05) is 22.2 Å². The monoisotopic (exact) mass is 335 g/mol. The van der Waals surface area contributed by atoms with Crippen LogP contribution in [0.1, 0.15) is 5.56 Å². The van der Waals surface area contributed by atoms with Crippen LogP contribution < -0.4 is 0 Å². The summed E-state index contributed by atoms with van der Waals surface area (Å²) in [6.45, 7) is 1.58. The van der Waals surface area contributed by atoms with Gasteiger partial charge in [-0.2, -0.15) is 13.2 Å². The van der Waals surface area contributed by atoms with E-state index in [0.29, 0.717) is 27.8 Å². The standard InChI is InChI=1S/C14H10ClF4NS/c1-8-4-11(16)10(9-2-3-13(15)20-6-9)5-12(8)21-7-14(17,18)19/h2-6H,7H2,1H3. The average Bonchev–Trinajstić information content (AvgIpc) is 2.38. The molecule has 0 bridgehead atoms. The Morgan fingerprint density at radius 2 is 1.95 bits per heavy atom. The van der Waals surface area contributed by atoms with Crippen LogP contribution in [0.25, 0.3) is 11.1 Å². The zero-order valence-corrected chi connectivity index (χ0v) is 12.4. The lowest BCUT2D eigenvalue weighted by molar-refractivity contribution is -0.105. The van der Waals surface area contributed by atoms with E-state index < -0.39 is 17.7 Å². The summed E-state index contributed by atoms with van der Waals surface area (Å²) in [7, 11) is 0. The Hall–Kier alpha value is -1.27. The van der Waals surface area contributed by atoms with Crippen LogP contribution in [0.4, 0.5) is 17.6 Å². The highest BCUT2D eigenvalue weighted by Crippen LogP contribution is 2.34. The average molecular weight is 336 g/mol. The molecule has 21 heavy (non-hydrogen) atoms. The summed E-state index contributed by atoms with van der Waals surface area (Å²) in [4.78, 5) is 4.23. The quantitative estimate of drug-likeness (QED) is 0.417. The summed E-state index contributed by atoms with van der Waals surface area (Å²) < 4.78 is 50.9. The molecule has 1 aromatic carbocycles. The van der Waals surface area contributed by atoms with Crippen LogP contribution >= 0.6 is 23.4 Å². The first-order chi connectivity index (χ1) is 9.76. The number of hydrogen-bond donors (Lipinski definition) is 0. The summed E-state index contributed by atoms with van der Waals surface area (Å²) >= 11 is 6.30. The van der Waals surface area contributed by atoms with Crippen LogP contribution in [0.3, 0.4) is 0 Å². The molecule has 1 nitrogen and oxygen atoms in total. The number of nitrogens with zero attached hydrogens (tertiary/aromatic N) is 1. The first-order valence-corrected chi connectivity index (χ1v) is 7.24. The Bertz CT molecular complexity index is 641. The van der Waals surface area contributed by atoms with Gasteiger partial charge in [-0.25, -0.2) is 9.37 Å². The number of alkyl halides is 3. The summed E-state index contributed by atoms with van der Waals surface area (Å²) in [5.41, 5.74) is 1.13. The van der Waals surface area contributed by atoms with Gasteiger partial charge in [0.2, 0.25) is 0 Å². The van der Waals surface area contributed by atoms with E-state index in [-0.39, 0.29) is 10.7 Å². The first-order valence-electron chi connectivity index (χ1n) is 5.88. The molecule has 2 rings (SSSR count). The number of rotatable bonds is 3. The van der Waals surface area contributed by atoms with Gasteiger partial charge in [0.15, 0.2) is 0 Å². The van der Waals surface area contributed by atoms with E-state index in [1.165, 1.54) is 24.4 Å². The van der Waals surface area contributed by atoms with Crippen LogP contribution in [-0.4, -0.2) is 16.9 Å². The van der Waals surface area contributed by atoms with Crippen molar-refractivity contribution in [2.24, 2.45) is 0 Å². The van der Waals surface area contributed by atoms with Crippen molar-refractivity contribution in [1.82, 2.24) is 4.98 Å². The molecule has 0 saturated heterocycles. The highest BCUT2D eigenvalue weighted by atomic mass is 35.5. The van der Waals surface area contributed by atoms with Gasteiger partial charge in [-0.05, 0) is 36.8 Å². The molecule has 0 fully saturated rings. The van der Waals surface area contributed by atoms with Crippen molar-refractivity contribution in [2.45, 2.75) is 18.0 Å². The predicted octanol–water partition coefficient (Wildman–Crippen LogP) is 5.50.